The molecule has 3 amide bonds. The zero-order valence-corrected chi connectivity index (χ0v) is 17.8. The Bertz CT molecular complexity index is 931. The monoisotopic (exact) mass is 407 g/mol. The maximum atomic E-state index is 12.9. The average molecular weight is 408 g/mol. The van der Waals surface area contributed by atoms with Crippen LogP contribution in [0.5, 0.6) is 0 Å². The highest BCUT2D eigenvalue weighted by atomic mass is 16.2. The number of anilines is 1. The SMILES string of the molecule is CC(=O)NC(CC(=O)Nc1c(C)cccc1C(=O)N1CCCC1)c1ccc(C)cc1. The molecule has 2 aromatic carbocycles. The van der Waals surface area contributed by atoms with Crippen molar-refractivity contribution in [2.45, 2.75) is 46.1 Å². The second-order valence-corrected chi connectivity index (χ2v) is 7.91. The van der Waals surface area contributed by atoms with Gasteiger partial charge in [0.2, 0.25) is 11.8 Å². The fourth-order valence-electron chi connectivity index (χ4n) is 3.77. The van der Waals surface area contributed by atoms with E-state index in [2.05, 4.69) is 10.6 Å². The summed E-state index contributed by atoms with van der Waals surface area (Å²) in [4.78, 5) is 39.4. The van der Waals surface area contributed by atoms with E-state index in [-0.39, 0.29) is 24.1 Å². The molecule has 3 rings (SSSR count). The van der Waals surface area contributed by atoms with Gasteiger partial charge in [0.1, 0.15) is 0 Å². The number of nitrogens with one attached hydrogen (secondary N) is 2. The third kappa shape index (κ3) is 5.26. The highest BCUT2D eigenvalue weighted by Crippen LogP contribution is 2.25. The van der Waals surface area contributed by atoms with Gasteiger partial charge in [0, 0.05) is 20.0 Å². The lowest BCUT2D eigenvalue weighted by atomic mass is 10.0. The molecule has 2 aromatic rings. The Morgan fingerprint density at radius 2 is 1.67 bits per heavy atom. The highest BCUT2D eigenvalue weighted by molar-refractivity contribution is 6.04. The zero-order valence-electron chi connectivity index (χ0n) is 17.8. The number of rotatable bonds is 6. The summed E-state index contributed by atoms with van der Waals surface area (Å²) in [7, 11) is 0. The Morgan fingerprint density at radius 1 is 1.00 bits per heavy atom. The van der Waals surface area contributed by atoms with Crippen LogP contribution in [0.3, 0.4) is 0 Å². The van der Waals surface area contributed by atoms with E-state index in [1.54, 1.807) is 6.07 Å². The molecule has 0 aliphatic carbocycles. The number of carbonyl (C=O) groups excluding carboxylic acids is 3. The van der Waals surface area contributed by atoms with Crippen LogP contribution in [0.1, 0.15) is 59.3 Å². The first-order valence-corrected chi connectivity index (χ1v) is 10.4. The standard InChI is InChI=1S/C24H29N3O3/c1-16-9-11-19(12-10-16)21(25-18(3)28)15-22(29)26-23-17(2)7-6-8-20(23)24(30)27-13-4-5-14-27/h6-12,21H,4-5,13-15H2,1-3H3,(H,25,28)(H,26,29). The third-order valence-electron chi connectivity index (χ3n) is 5.41. The van der Waals surface area contributed by atoms with Crippen LogP contribution < -0.4 is 10.6 Å². The summed E-state index contributed by atoms with van der Waals surface area (Å²) in [5, 5.41) is 5.78. The number of aryl methyl sites for hydroxylation is 2. The molecule has 0 spiro atoms. The van der Waals surface area contributed by atoms with Crippen molar-refractivity contribution in [3.05, 3.63) is 64.7 Å². The molecule has 0 aromatic heterocycles. The number of para-hydroxylation sites is 1. The van der Waals surface area contributed by atoms with Crippen molar-refractivity contribution in [2.75, 3.05) is 18.4 Å². The molecule has 2 N–H and O–H groups in total. The lowest BCUT2D eigenvalue weighted by Gasteiger charge is -2.21. The highest BCUT2D eigenvalue weighted by Gasteiger charge is 2.24. The molecule has 6 heteroatoms. The number of likely N-dealkylation sites (tertiary alicyclic amines) is 1. The first-order valence-electron chi connectivity index (χ1n) is 10.4. The maximum absolute atomic E-state index is 12.9. The Kier molecular flexibility index (Phi) is 6.87. The van der Waals surface area contributed by atoms with Gasteiger partial charge in [-0.15, -0.1) is 0 Å². The van der Waals surface area contributed by atoms with Crippen LogP contribution in [0.2, 0.25) is 0 Å². The Hall–Kier alpha value is -3.15. The van der Waals surface area contributed by atoms with Gasteiger partial charge in [-0.25, -0.2) is 0 Å². The first kappa shape index (κ1) is 21.6. The lowest BCUT2D eigenvalue weighted by molar-refractivity contribution is -0.120. The van der Waals surface area contributed by atoms with E-state index in [1.165, 1.54) is 6.92 Å². The number of amides is 3. The molecule has 158 valence electrons. The van der Waals surface area contributed by atoms with E-state index in [9.17, 15) is 14.4 Å². The van der Waals surface area contributed by atoms with Crippen molar-refractivity contribution in [1.82, 2.24) is 10.2 Å². The summed E-state index contributed by atoms with van der Waals surface area (Å²) in [5.74, 6) is -0.503. The molecular weight excluding hydrogens is 378 g/mol. The molecule has 30 heavy (non-hydrogen) atoms. The predicted octanol–water partition coefficient (Wildman–Crippen LogP) is 3.75. The maximum Gasteiger partial charge on any atom is 0.255 e. The van der Waals surface area contributed by atoms with E-state index in [0.717, 1.165) is 42.6 Å². The van der Waals surface area contributed by atoms with Gasteiger partial charge in [0.05, 0.1) is 23.7 Å². The molecule has 1 aliphatic heterocycles. The van der Waals surface area contributed by atoms with E-state index in [1.807, 2.05) is 55.1 Å². The van der Waals surface area contributed by atoms with Crippen LogP contribution in [0, 0.1) is 13.8 Å². The number of benzene rings is 2. The molecule has 1 saturated heterocycles. The fraction of sp³-hybridized carbons (Fsp3) is 0.375. The third-order valence-corrected chi connectivity index (χ3v) is 5.41. The van der Waals surface area contributed by atoms with Gasteiger partial charge in [-0.3, -0.25) is 14.4 Å². The average Bonchev–Trinajstić information content (AvgIpc) is 3.23. The van der Waals surface area contributed by atoms with E-state index in [0.29, 0.717) is 11.3 Å². The minimum atomic E-state index is -0.440. The molecule has 6 nitrogen and oxygen atoms in total. The minimum Gasteiger partial charge on any atom is -0.349 e. The molecule has 0 radical (unpaired) electrons. The van der Waals surface area contributed by atoms with Crippen molar-refractivity contribution in [3.63, 3.8) is 0 Å². The van der Waals surface area contributed by atoms with Gasteiger partial charge in [-0.1, -0.05) is 42.0 Å². The van der Waals surface area contributed by atoms with E-state index >= 15 is 0 Å². The van der Waals surface area contributed by atoms with Gasteiger partial charge >= 0.3 is 0 Å². The zero-order chi connectivity index (χ0) is 21.7. The van der Waals surface area contributed by atoms with Crippen LogP contribution in [-0.2, 0) is 9.59 Å². The van der Waals surface area contributed by atoms with Crippen LogP contribution >= 0.6 is 0 Å². The predicted molar refractivity (Wildman–Crippen MR) is 117 cm³/mol. The Morgan fingerprint density at radius 3 is 2.30 bits per heavy atom. The van der Waals surface area contributed by atoms with Crippen molar-refractivity contribution >= 4 is 23.4 Å². The van der Waals surface area contributed by atoms with Gasteiger partial charge < -0.3 is 15.5 Å². The summed E-state index contributed by atoms with van der Waals surface area (Å²) in [6.45, 7) is 6.80. The molecule has 0 bridgehead atoms. The van der Waals surface area contributed by atoms with Crippen LogP contribution in [0.15, 0.2) is 42.5 Å². The smallest absolute Gasteiger partial charge is 0.255 e. The number of carbonyl (C=O) groups is 3. The van der Waals surface area contributed by atoms with Gasteiger partial charge in [0.15, 0.2) is 0 Å². The summed E-state index contributed by atoms with van der Waals surface area (Å²) in [6.07, 6.45) is 2.09. The second-order valence-electron chi connectivity index (χ2n) is 7.91. The molecule has 1 aliphatic rings. The van der Waals surface area contributed by atoms with Crippen LogP contribution in [-0.4, -0.2) is 35.7 Å². The van der Waals surface area contributed by atoms with Gasteiger partial charge in [-0.05, 0) is 43.9 Å². The number of nitrogens with zero attached hydrogens (tertiary/aromatic N) is 1. The number of hydrogen-bond acceptors (Lipinski definition) is 3. The number of hydrogen-bond donors (Lipinski definition) is 2. The van der Waals surface area contributed by atoms with Gasteiger partial charge in [0.25, 0.3) is 5.91 Å². The molecule has 1 unspecified atom stereocenters. The Balaban J connectivity index is 1.79. The van der Waals surface area contributed by atoms with Crippen molar-refractivity contribution in [1.29, 1.82) is 0 Å². The van der Waals surface area contributed by atoms with E-state index < -0.39 is 6.04 Å². The summed E-state index contributed by atoms with van der Waals surface area (Å²) >= 11 is 0. The lowest BCUT2D eigenvalue weighted by Crippen LogP contribution is -2.31. The molecular formula is C24H29N3O3. The molecule has 1 heterocycles. The quantitative estimate of drug-likeness (QED) is 0.766. The minimum absolute atomic E-state index is 0.0524. The summed E-state index contributed by atoms with van der Waals surface area (Å²) < 4.78 is 0. The van der Waals surface area contributed by atoms with Crippen molar-refractivity contribution in [3.8, 4) is 0 Å². The van der Waals surface area contributed by atoms with Crippen molar-refractivity contribution in [2.24, 2.45) is 0 Å². The second kappa shape index (κ2) is 9.57. The molecule has 1 fully saturated rings. The molecule has 1 atom stereocenters. The van der Waals surface area contributed by atoms with Crippen LogP contribution in [0.25, 0.3) is 0 Å². The van der Waals surface area contributed by atoms with E-state index in [4.69, 9.17) is 0 Å². The topological polar surface area (TPSA) is 78.5 Å². The van der Waals surface area contributed by atoms with Crippen LogP contribution in [0.4, 0.5) is 5.69 Å². The summed E-state index contributed by atoms with van der Waals surface area (Å²) in [6, 6.07) is 12.8. The molecule has 0 saturated carbocycles. The largest absolute Gasteiger partial charge is 0.349 e. The van der Waals surface area contributed by atoms with Gasteiger partial charge in [-0.2, -0.15) is 0 Å². The first-order chi connectivity index (χ1) is 14.3. The summed E-state index contributed by atoms with van der Waals surface area (Å²) in [5.41, 5.74) is 3.86. The normalized spacial score (nSPS) is 14.3. The fourth-order valence-corrected chi connectivity index (χ4v) is 3.77. The van der Waals surface area contributed by atoms with Crippen molar-refractivity contribution < 1.29 is 14.4 Å². The Labute approximate surface area is 177 Å².